The summed E-state index contributed by atoms with van der Waals surface area (Å²) in [5, 5.41) is 16.0. The second-order valence-corrected chi connectivity index (χ2v) is 5.76. The number of nitrogens with zero attached hydrogens (tertiary/aromatic N) is 4. The Labute approximate surface area is 123 Å². The van der Waals surface area contributed by atoms with Crippen molar-refractivity contribution < 1.29 is 9.47 Å². The van der Waals surface area contributed by atoms with Gasteiger partial charge in [0, 0.05) is 32.6 Å². The van der Waals surface area contributed by atoms with E-state index in [1.165, 1.54) is 12.8 Å². The fourth-order valence-electron chi connectivity index (χ4n) is 2.08. The monoisotopic (exact) mass is 301 g/mol. The lowest BCUT2D eigenvalue weighted by molar-refractivity contribution is 0.109. The number of thioether (sulfide) groups is 1. The van der Waals surface area contributed by atoms with E-state index in [2.05, 4.69) is 20.8 Å². The molecule has 0 spiro atoms. The average Bonchev–Trinajstić information content (AvgIpc) is 3.11. The Hall–Kier alpha value is -0.700. The van der Waals surface area contributed by atoms with Gasteiger partial charge in [-0.3, -0.25) is 0 Å². The maximum absolute atomic E-state index is 5.61. The highest BCUT2D eigenvalue weighted by molar-refractivity contribution is 7.99. The van der Waals surface area contributed by atoms with Gasteiger partial charge >= 0.3 is 0 Å². The van der Waals surface area contributed by atoms with Crippen molar-refractivity contribution in [1.29, 1.82) is 0 Å². The summed E-state index contributed by atoms with van der Waals surface area (Å²) in [5.41, 5.74) is 0. The SMILES string of the molecule is COCCNCCn1nnnc1SCCC1CCCO1. The van der Waals surface area contributed by atoms with Crippen LogP contribution in [0, 0.1) is 0 Å². The van der Waals surface area contributed by atoms with Gasteiger partial charge in [-0.2, -0.15) is 0 Å². The summed E-state index contributed by atoms with van der Waals surface area (Å²) in [6, 6.07) is 0. The molecule has 1 aromatic rings. The third-order valence-corrected chi connectivity index (χ3v) is 4.17. The molecule has 1 atom stereocenters. The molecule has 1 aliphatic rings. The lowest BCUT2D eigenvalue weighted by Gasteiger charge is -2.08. The van der Waals surface area contributed by atoms with Crippen molar-refractivity contribution in [2.24, 2.45) is 0 Å². The molecule has 0 bridgehead atoms. The van der Waals surface area contributed by atoms with E-state index in [9.17, 15) is 0 Å². The van der Waals surface area contributed by atoms with Crippen LogP contribution in [0.5, 0.6) is 0 Å². The minimum Gasteiger partial charge on any atom is -0.383 e. The summed E-state index contributed by atoms with van der Waals surface area (Å²) in [4.78, 5) is 0. The molecule has 0 aliphatic carbocycles. The Kier molecular flexibility index (Phi) is 7.27. The molecule has 2 heterocycles. The molecular formula is C12H23N5O2S. The highest BCUT2D eigenvalue weighted by atomic mass is 32.2. The molecule has 2 rings (SSSR count). The van der Waals surface area contributed by atoms with Gasteiger partial charge in [-0.05, 0) is 29.7 Å². The predicted molar refractivity (Wildman–Crippen MR) is 76.9 cm³/mol. The van der Waals surface area contributed by atoms with Crippen molar-refractivity contribution in [2.75, 3.05) is 39.2 Å². The summed E-state index contributed by atoms with van der Waals surface area (Å²) in [6.45, 7) is 4.10. The van der Waals surface area contributed by atoms with Crippen molar-refractivity contribution >= 4 is 11.8 Å². The number of hydrogen-bond acceptors (Lipinski definition) is 7. The first-order valence-electron chi connectivity index (χ1n) is 7.10. The summed E-state index contributed by atoms with van der Waals surface area (Å²) < 4.78 is 12.4. The molecule has 1 aliphatic heterocycles. The van der Waals surface area contributed by atoms with Gasteiger partial charge in [-0.25, -0.2) is 4.68 Å². The van der Waals surface area contributed by atoms with Crippen LogP contribution < -0.4 is 5.32 Å². The van der Waals surface area contributed by atoms with Crippen molar-refractivity contribution in [3.05, 3.63) is 0 Å². The zero-order valence-corrected chi connectivity index (χ0v) is 12.8. The minimum absolute atomic E-state index is 0.433. The van der Waals surface area contributed by atoms with Crippen LogP contribution in [0.2, 0.25) is 0 Å². The standard InChI is InChI=1S/C12H23N5O2S/c1-18-9-6-13-5-7-17-12(14-15-16-17)20-10-4-11-3-2-8-19-11/h11,13H,2-10H2,1H3. The Morgan fingerprint density at radius 2 is 2.45 bits per heavy atom. The molecule has 1 fully saturated rings. The number of aromatic nitrogens is 4. The maximum atomic E-state index is 5.61. The van der Waals surface area contributed by atoms with E-state index < -0.39 is 0 Å². The number of hydrogen-bond donors (Lipinski definition) is 1. The molecule has 20 heavy (non-hydrogen) atoms. The number of nitrogens with one attached hydrogen (secondary N) is 1. The van der Waals surface area contributed by atoms with Gasteiger partial charge in [0.2, 0.25) is 5.16 Å². The van der Waals surface area contributed by atoms with Crippen LogP contribution in [0.3, 0.4) is 0 Å². The van der Waals surface area contributed by atoms with Crippen LogP contribution in [0.1, 0.15) is 19.3 Å². The quantitative estimate of drug-likeness (QED) is 0.500. The highest BCUT2D eigenvalue weighted by Crippen LogP contribution is 2.20. The van der Waals surface area contributed by atoms with E-state index in [-0.39, 0.29) is 0 Å². The largest absolute Gasteiger partial charge is 0.383 e. The molecule has 0 amide bonds. The molecule has 1 unspecified atom stereocenters. The zero-order chi connectivity index (χ0) is 14.0. The van der Waals surface area contributed by atoms with E-state index in [0.717, 1.165) is 50.2 Å². The fraction of sp³-hybridized carbons (Fsp3) is 0.917. The Morgan fingerprint density at radius 3 is 3.25 bits per heavy atom. The number of tetrazole rings is 1. The first kappa shape index (κ1) is 15.7. The van der Waals surface area contributed by atoms with Crippen molar-refractivity contribution in [2.45, 2.75) is 37.1 Å². The lowest BCUT2D eigenvalue weighted by Crippen LogP contribution is -2.24. The summed E-state index contributed by atoms with van der Waals surface area (Å²) in [7, 11) is 1.70. The second kappa shape index (κ2) is 9.28. The Bertz CT molecular complexity index is 370. The molecule has 0 saturated carbocycles. The van der Waals surface area contributed by atoms with Gasteiger partial charge in [0.1, 0.15) is 0 Å². The molecule has 1 N–H and O–H groups in total. The predicted octanol–water partition coefficient (Wildman–Crippen LogP) is 0.570. The second-order valence-electron chi connectivity index (χ2n) is 4.70. The van der Waals surface area contributed by atoms with Crippen LogP contribution in [0.25, 0.3) is 0 Å². The van der Waals surface area contributed by atoms with Gasteiger partial charge < -0.3 is 14.8 Å². The third kappa shape index (κ3) is 5.35. The van der Waals surface area contributed by atoms with Crippen molar-refractivity contribution in [3.8, 4) is 0 Å². The highest BCUT2D eigenvalue weighted by Gasteiger charge is 2.15. The average molecular weight is 301 g/mol. The van der Waals surface area contributed by atoms with E-state index >= 15 is 0 Å². The van der Waals surface area contributed by atoms with Crippen LogP contribution in [-0.4, -0.2) is 65.5 Å². The molecule has 114 valence electrons. The molecule has 7 nitrogen and oxygen atoms in total. The first-order valence-corrected chi connectivity index (χ1v) is 8.09. The zero-order valence-electron chi connectivity index (χ0n) is 12.0. The van der Waals surface area contributed by atoms with E-state index in [1.807, 2.05) is 4.68 Å². The van der Waals surface area contributed by atoms with E-state index in [0.29, 0.717) is 6.10 Å². The van der Waals surface area contributed by atoms with Crippen LogP contribution in [0.4, 0.5) is 0 Å². The lowest BCUT2D eigenvalue weighted by atomic mass is 10.2. The fourth-order valence-corrected chi connectivity index (χ4v) is 3.01. The third-order valence-electron chi connectivity index (χ3n) is 3.18. The van der Waals surface area contributed by atoms with Gasteiger partial charge in [0.25, 0.3) is 0 Å². The van der Waals surface area contributed by atoms with Crippen molar-refractivity contribution in [1.82, 2.24) is 25.5 Å². The molecule has 0 aromatic carbocycles. The first-order chi connectivity index (χ1) is 9.90. The molecule has 1 saturated heterocycles. The van der Waals surface area contributed by atoms with Crippen LogP contribution in [-0.2, 0) is 16.0 Å². The topological polar surface area (TPSA) is 74.1 Å². The molecule has 0 radical (unpaired) electrons. The Balaban J connectivity index is 1.62. The van der Waals surface area contributed by atoms with Gasteiger partial charge in [-0.15, -0.1) is 5.10 Å². The number of ether oxygens (including phenoxy) is 2. The number of rotatable bonds is 10. The van der Waals surface area contributed by atoms with E-state index in [1.54, 1.807) is 18.9 Å². The van der Waals surface area contributed by atoms with Gasteiger partial charge in [0.15, 0.2) is 0 Å². The summed E-state index contributed by atoms with van der Waals surface area (Å²) in [5.74, 6) is 1.00. The van der Waals surface area contributed by atoms with Gasteiger partial charge in [0.05, 0.1) is 19.3 Å². The Morgan fingerprint density at radius 1 is 1.50 bits per heavy atom. The van der Waals surface area contributed by atoms with Crippen molar-refractivity contribution in [3.63, 3.8) is 0 Å². The summed E-state index contributed by atoms with van der Waals surface area (Å²) >= 11 is 1.70. The molecule has 1 aromatic heterocycles. The molecular weight excluding hydrogens is 278 g/mol. The van der Waals surface area contributed by atoms with Crippen LogP contribution in [0.15, 0.2) is 5.16 Å². The minimum atomic E-state index is 0.433. The number of methoxy groups -OCH3 is 1. The maximum Gasteiger partial charge on any atom is 0.209 e. The van der Waals surface area contributed by atoms with E-state index in [4.69, 9.17) is 9.47 Å². The smallest absolute Gasteiger partial charge is 0.209 e. The summed E-state index contributed by atoms with van der Waals surface area (Å²) in [6.07, 6.45) is 3.89. The van der Waals surface area contributed by atoms with Crippen LogP contribution >= 0.6 is 11.8 Å². The molecule has 8 heteroatoms. The normalized spacial score (nSPS) is 18.8. The van der Waals surface area contributed by atoms with Gasteiger partial charge in [-0.1, -0.05) is 11.8 Å².